The average molecular weight is 429 g/mol. The molecule has 1 amide bonds. The number of benzene rings is 1. The number of aliphatic hydroxyl groups is 1. The summed E-state index contributed by atoms with van der Waals surface area (Å²) in [5, 5.41) is 11.0. The van der Waals surface area contributed by atoms with Gasteiger partial charge >= 0.3 is 0 Å². The second-order valence-corrected chi connectivity index (χ2v) is 8.99. The first-order valence-corrected chi connectivity index (χ1v) is 10.4. The van der Waals surface area contributed by atoms with Gasteiger partial charge in [0.05, 0.1) is 11.0 Å². The van der Waals surface area contributed by atoms with E-state index in [1.165, 1.54) is 11.1 Å². The molecule has 2 heterocycles. The minimum absolute atomic E-state index is 0.0626. The number of carbonyl (C=O) groups excluding carboxylic acids is 2. The fraction of sp³-hybridized carbons (Fsp3) is 0.478. The molecule has 3 atom stereocenters. The van der Waals surface area contributed by atoms with Gasteiger partial charge in [0, 0.05) is 30.9 Å². The number of rotatable bonds is 4. The first kappa shape index (κ1) is 21.5. The number of ketones is 1. The third kappa shape index (κ3) is 4.08. The van der Waals surface area contributed by atoms with Gasteiger partial charge in [0.1, 0.15) is 23.2 Å². The van der Waals surface area contributed by atoms with E-state index in [1.807, 2.05) is 0 Å². The Morgan fingerprint density at radius 1 is 1.23 bits per heavy atom. The van der Waals surface area contributed by atoms with Crippen LogP contribution in [-0.4, -0.2) is 38.9 Å². The molecule has 0 radical (unpaired) electrons. The Morgan fingerprint density at radius 3 is 2.61 bits per heavy atom. The van der Waals surface area contributed by atoms with Crippen molar-refractivity contribution >= 4 is 17.4 Å². The first-order chi connectivity index (χ1) is 14.6. The van der Waals surface area contributed by atoms with Gasteiger partial charge < -0.3 is 10.0 Å². The number of aryl methyl sites for hydroxylation is 1. The monoisotopic (exact) mass is 429 g/mol. The molecule has 2 aliphatic rings. The lowest BCUT2D eigenvalue weighted by Crippen LogP contribution is -2.48. The van der Waals surface area contributed by atoms with Crippen LogP contribution in [0.2, 0.25) is 0 Å². The fourth-order valence-electron chi connectivity index (χ4n) is 4.91. The van der Waals surface area contributed by atoms with E-state index in [9.17, 15) is 23.5 Å². The number of aromatic nitrogens is 2. The van der Waals surface area contributed by atoms with E-state index in [0.717, 1.165) is 18.2 Å². The maximum Gasteiger partial charge on any atom is 0.233 e. The summed E-state index contributed by atoms with van der Waals surface area (Å²) >= 11 is 0. The minimum Gasteiger partial charge on any atom is -0.390 e. The highest BCUT2D eigenvalue weighted by Crippen LogP contribution is 2.52. The van der Waals surface area contributed by atoms with Gasteiger partial charge in [0.2, 0.25) is 5.91 Å². The summed E-state index contributed by atoms with van der Waals surface area (Å²) in [6.45, 7) is 3.74. The van der Waals surface area contributed by atoms with Crippen molar-refractivity contribution in [1.82, 2.24) is 9.97 Å². The lowest BCUT2D eigenvalue weighted by Gasteiger charge is -2.45. The van der Waals surface area contributed by atoms with Gasteiger partial charge in [-0.05, 0) is 63.6 Å². The van der Waals surface area contributed by atoms with E-state index < -0.39 is 28.6 Å². The highest BCUT2D eigenvalue weighted by molar-refractivity contribution is 6.00. The minimum atomic E-state index is -1.10. The van der Waals surface area contributed by atoms with E-state index in [0.29, 0.717) is 38.1 Å². The predicted octanol–water partition coefficient (Wildman–Crippen LogP) is 3.61. The van der Waals surface area contributed by atoms with Crippen molar-refractivity contribution in [2.75, 3.05) is 11.4 Å². The van der Waals surface area contributed by atoms with Crippen LogP contribution in [0.4, 0.5) is 14.5 Å². The standard InChI is InChI=1S/C23H25F2N3O3/c1-14-26-7-3-19(27-14)20(29)9-15-13-23(5-4-22(15,2)31)6-8-28(21(23)30)18-11-16(24)10-17(25)12-18/h3,7,10-12,15,31H,4-6,8-9,13H2,1-2H3. The van der Waals surface area contributed by atoms with Crippen LogP contribution in [0, 0.1) is 29.9 Å². The molecular weight excluding hydrogens is 404 g/mol. The highest BCUT2D eigenvalue weighted by Gasteiger charge is 2.54. The molecule has 6 nitrogen and oxygen atoms in total. The van der Waals surface area contributed by atoms with Crippen LogP contribution in [0.5, 0.6) is 0 Å². The molecule has 31 heavy (non-hydrogen) atoms. The van der Waals surface area contributed by atoms with Crippen molar-refractivity contribution in [3.05, 3.63) is 53.6 Å². The van der Waals surface area contributed by atoms with Crippen molar-refractivity contribution in [2.24, 2.45) is 11.3 Å². The van der Waals surface area contributed by atoms with E-state index in [-0.39, 0.29) is 29.5 Å². The third-order valence-corrected chi connectivity index (χ3v) is 6.79. The SMILES string of the molecule is Cc1nccc(C(=O)CC2CC3(CCN(c4cc(F)cc(F)c4)C3=O)CCC2(C)O)n1. The van der Waals surface area contributed by atoms with Crippen LogP contribution in [0.3, 0.4) is 0 Å². The molecule has 8 heteroatoms. The molecule has 164 valence electrons. The van der Waals surface area contributed by atoms with Gasteiger partial charge in [0.15, 0.2) is 5.78 Å². The maximum absolute atomic E-state index is 13.7. The maximum atomic E-state index is 13.7. The van der Waals surface area contributed by atoms with E-state index in [4.69, 9.17) is 0 Å². The Hall–Kier alpha value is -2.74. The number of anilines is 1. The summed E-state index contributed by atoms with van der Waals surface area (Å²) in [6, 6.07) is 4.62. The molecule has 3 unspecified atom stereocenters. The summed E-state index contributed by atoms with van der Waals surface area (Å²) in [7, 11) is 0. The second-order valence-electron chi connectivity index (χ2n) is 8.99. The van der Waals surface area contributed by atoms with Gasteiger partial charge in [-0.2, -0.15) is 0 Å². The Balaban J connectivity index is 1.56. The van der Waals surface area contributed by atoms with Crippen molar-refractivity contribution in [3.8, 4) is 0 Å². The quantitative estimate of drug-likeness (QED) is 0.751. The lowest BCUT2D eigenvalue weighted by molar-refractivity contribution is -0.134. The third-order valence-electron chi connectivity index (χ3n) is 6.79. The smallest absolute Gasteiger partial charge is 0.233 e. The number of Topliss-reactive ketones (excluding diaryl/α,β-unsaturated/α-hetero) is 1. The fourth-order valence-corrected chi connectivity index (χ4v) is 4.91. The first-order valence-electron chi connectivity index (χ1n) is 10.4. The number of hydrogen-bond donors (Lipinski definition) is 1. The van der Waals surface area contributed by atoms with Crippen molar-refractivity contribution < 1.29 is 23.5 Å². The number of nitrogens with zero attached hydrogens (tertiary/aromatic N) is 3. The van der Waals surface area contributed by atoms with Gasteiger partial charge in [0.25, 0.3) is 0 Å². The van der Waals surface area contributed by atoms with Crippen LogP contribution >= 0.6 is 0 Å². The lowest BCUT2D eigenvalue weighted by atomic mass is 9.61. The Bertz CT molecular complexity index is 1020. The van der Waals surface area contributed by atoms with Crippen LogP contribution in [0.25, 0.3) is 0 Å². The van der Waals surface area contributed by atoms with Crippen LogP contribution in [0.1, 0.15) is 55.3 Å². The van der Waals surface area contributed by atoms with Crippen molar-refractivity contribution in [2.45, 2.75) is 51.6 Å². The van der Waals surface area contributed by atoms with Crippen LogP contribution in [0.15, 0.2) is 30.5 Å². The summed E-state index contributed by atoms with van der Waals surface area (Å²) in [5.41, 5.74) is -1.36. The molecule has 1 saturated carbocycles. The number of hydrogen-bond acceptors (Lipinski definition) is 5. The van der Waals surface area contributed by atoms with Gasteiger partial charge in [-0.3, -0.25) is 9.59 Å². The van der Waals surface area contributed by atoms with E-state index in [1.54, 1.807) is 19.9 Å². The van der Waals surface area contributed by atoms with Crippen LogP contribution < -0.4 is 4.90 Å². The zero-order valence-corrected chi connectivity index (χ0v) is 17.6. The largest absolute Gasteiger partial charge is 0.390 e. The number of amides is 1. The van der Waals surface area contributed by atoms with Gasteiger partial charge in [-0.1, -0.05) is 0 Å². The molecule has 1 aromatic carbocycles. The molecule has 2 aromatic rings. The van der Waals surface area contributed by atoms with Gasteiger partial charge in [-0.25, -0.2) is 18.7 Å². The molecule has 1 aromatic heterocycles. The molecule has 1 aliphatic carbocycles. The highest BCUT2D eigenvalue weighted by atomic mass is 19.1. The Labute approximate surface area is 179 Å². The van der Waals surface area contributed by atoms with E-state index >= 15 is 0 Å². The molecule has 1 N–H and O–H groups in total. The van der Waals surface area contributed by atoms with Gasteiger partial charge in [-0.15, -0.1) is 0 Å². The molecule has 1 spiro atoms. The number of carbonyl (C=O) groups is 2. The Kier molecular flexibility index (Phi) is 5.37. The van der Waals surface area contributed by atoms with Crippen LogP contribution in [-0.2, 0) is 4.79 Å². The molecule has 4 rings (SSSR count). The number of halogens is 2. The molecule has 0 bridgehead atoms. The zero-order valence-electron chi connectivity index (χ0n) is 17.6. The summed E-state index contributed by atoms with van der Waals surface area (Å²) in [5.74, 6) is -1.83. The molecular formula is C23H25F2N3O3. The molecule has 2 fully saturated rings. The predicted molar refractivity (Wildman–Crippen MR) is 109 cm³/mol. The summed E-state index contributed by atoms with van der Waals surface area (Å²) in [6.07, 6.45) is 3.26. The molecule has 1 saturated heterocycles. The normalized spacial score (nSPS) is 28.4. The zero-order chi connectivity index (χ0) is 22.4. The second kappa shape index (κ2) is 7.75. The summed E-state index contributed by atoms with van der Waals surface area (Å²) < 4.78 is 27.4. The molecule has 1 aliphatic heterocycles. The van der Waals surface area contributed by atoms with Crippen molar-refractivity contribution in [1.29, 1.82) is 0 Å². The van der Waals surface area contributed by atoms with Crippen molar-refractivity contribution in [3.63, 3.8) is 0 Å². The summed E-state index contributed by atoms with van der Waals surface area (Å²) in [4.78, 5) is 35.8. The topological polar surface area (TPSA) is 83.4 Å². The Morgan fingerprint density at radius 2 is 1.94 bits per heavy atom. The van der Waals surface area contributed by atoms with E-state index in [2.05, 4.69) is 9.97 Å². The average Bonchev–Trinajstić information content (AvgIpc) is 3.00.